The number of aliphatic hydroxyl groups excluding tert-OH is 1. The van der Waals surface area contributed by atoms with E-state index in [0.29, 0.717) is 24.2 Å². The van der Waals surface area contributed by atoms with Crippen LogP contribution in [0.4, 0.5) is 0 Å². The van der Waals surface area contributed by atoms with Crippen molar-refractivity contribution in [2.75, 3.05) is 6.61 Å². The number of hydrogen-bond acceptors (Lipinski definition) is 6. The molecule has 0 bridgehead atoms. The monoisotopic (exact) mass is 522 g/mol. The van der Waals surface area contributed by atoms with Gasteiger partial charge in [-0.05, 0) is 12.5 Å². The van der Waals surface area contributed by atoms with Crippen LogP contribution in [0, 0.1) is 0 Å². The number of ether oxygens (including phenoxy) is 2. The third-order valence-corrected chi connectivity index (χ3v) is 5.54. The van der Waals surface area contributed by atoms with Crippen molar-refractivity contribution in [1.29, 1.82) is 0 Å². The first kappa shape index (κ1) is 28.8. The maximum absolute atomic E-state index is 12.8. The van der Waals surface area contributed by atoms with E-state index in [1.165, 1.54) is 0 Å². The van der Waals surface area contributed by atoms with Crippen molar-refractivity contribution in [3.05, 3.63) is 144 Å². The molecule has 0 aliphatic carbocycles. The van der Waals surface area contributed by atoms with Gasteiger partial charge in [-0.25, -0.2) is 4.79 Å². The molecule has 0 atom stereocenters. The Morgan fingerprint density at radius 1 is 0.718 bits per heavy atom. The summed E-state index contributed by atoms with van der Waals surface area (Å²) in [6.07, 6.45) is 1.72. The van der Waals surface area contributed by atoms with Gasteiger partial charge < -0.3 is 14.6 Å². The lowest BCUT2D eigenvalue weighted by atomic mass is 10.00. The lowest BCUT2D eigenvalue weighted by Gasteiger charge is -2.17. The van der Waals surface area contributed by atoms with Crippen molar-refractivity contribution < 1.29 is 29.0 Å². The fourth-order valence-electron chi connectivity index (χ4n) is 3.60. The molecule has 0 unspecified atom stereocenters. The standard InChI is InChI=1S/C20H20O5.C13H10O/c1-3-12-24-20-16(18(23)14-8-6-5-7-9-14)11-10-15(13-21)19(20)25-17(22)4-2;14-13(11-7-3-1-4-8-11)12-9-5-2-6-10-12/h4-11,21H,2-3,12-13H2,1H3;1-10H. The van der Waals surface area contributed by atoms with Gasteiger partial charge in [0.25, 0.3) is 0 Å². The predicted molar refractivity (Wildman–Crippen MR) is 150 cm³/mol. The smallest absolute Gasteiger partial charge is 0.335 e. The first-order valence-electron chi connectivity index (χ1n) is 12.5. The van der Waals surface area contributed by atoms with Gasteiger partial charge in [0.15, 0.2) is 23.1 Å². The number of esters is 1. The van der Waals surface area contributed by atoms with E-state index in [1.54, 1.807) is 36.4 Å². The zero-order valence-electron chi connectivity index (χ0n) is 21.7. The first-order chi connectivity index (χ1) is 19.0. The highest BCUT2D eigenvalue weighted by Gasteiger charge is 2.23. The summed E-state index contributed by atoms with van der Waals surface area (Å²) in [5.41, 5.74) is 2.58. The molecule has 0 spiro atoms. The lowest BCUT2D eigenvalue weighted by Crippen LogP contribution is -2.12. The molecule has 4 rings (SSSR count). The molecular formula is C33H30O6. The average Bonchev–Trinajstić information content (AvgIpc) is 3.01. The molecule has 0 saturated carbocycles. The van der Waals surface area contributed by atoms with Crippen molar-refractivity contribution in [2.45, 2.75) is 20.0 Å². The van der Waals surface area contributed by atoms with Gasteiger partial charge in [0, 0.05) is 28.3 Å². The van der Waals surface area contributed by atoms with E-state index in [2.05, 4.69) is 6.58 Å². The van der Waals surface area contributed by atoms with Gasteiger partial charge >= 0.3 is 5.97 Å². The Hall–Kier alpha value is -4.81. The van der Waals surface area contributed by atoms with Crippen LogP contribution < -0.4 is 9.47 Å². The van der Waals surface area contributed by atoms with E-state index >= 15 is 0 Å². The van der Waals surface area contributed by atoms with Gasteiger partial charge in [-0.3, -0.25) is 9.59 Å². The third-order valence-electron chi connectivity index (χ3n) is 5.54. The highest BCUT2D eigenvalue weighted by atomic mass is 16.6. The summed E-state index contributed by atoms with van der Waals surface area (Å²) in [6.45, 7) is 5.26. The molecule has 0 aromatic heterocycles. The Bertz CT molecular complexity index is 1360. The zero-order chi connectivity index (χ0) is 28.0. The van der Waals surface area contributed by atoms with E-state index < -0.39 is 5.97 Å². The van der Waals surface area contributed by atoms with Crippen molar-refractivity contribution in [1.82, 2.24) is 0 Å². The number of aliphatic hydroxyl groups is 1. The van der Waals surface area contributed by atoms with Crippen LogP contribution in [-0.4, -0.2) is 29.2 Å². The van der Waals surface area contributed by atoms with Crippen molar-refractivity contribution in [2.24, 2.45) is 0 Å². The minimum absolute atomic E-state index is 0.0441. The number of benzene rings is 4. The molecule has 0 radical (unpaired) electrons. The summed E-state index contributed by atoms with van der Waals surface area (Å²) < 4.78 is 11.0. The van der Waals surface area contributed by atoms with Gasteiger partial charge in [-0.1, -0.05) is 111 Å². The molecule has 0 fully saturated rings. The predicted octanol–water partition coefficient (Wildman–Crippen LogP) is 6.21. The number of rotatable bonds is 10. The Labute approximate surface area is 228 Å². The summed E-state index contributed by atoms with van der Waals surface area (Å²) in [5.74, 6) is -0.682. The van der Waals surface area contributed by atoms with Crippen LogP contribution in [0.2, 0.25) is 0 Å². The van der Waals surface area contributed by atoms with Gasteiger partial charge in [0.1, 0.15) is 0 Å². The van der Waals surface area contributed by atoms with E-state index in [4.69, 9.17) is 9.47 Å². The molecule has 1 N–H and O–H groups in total. The van der Waals surface area contributed by atoms with E-state index in [1.807, 2.05) is 73.7 Å². The van der Waals surface area contributed by atoms with E-state index in [9.17, 15) is 19.5 Å². The highest BCUT2D eigenvalue weighted by molar-refractivity contribution is 6.11. The SMILES string of the molecule is C=CC(=O)Oc1c(CO)ccc(C(=O)c2ccccc2)c1OCCC.O=C(c1ccccc1)c1ccccc1. The molecule has 6 nitrogen and oxygen atoms in total. The number of hydrogen-bond donors (Lipinski definition) is 1. The molecule has 0 amide bonds. The minimum atomic E-state index is -0.694. The fourth-order valence-corrected chi connectivity index (χ4v) is 3.60. The van der Waals surface area contributed by atoms with Crippen LogP contribution in [-0.2, 0) is 11.4 Å². The Balaban J connectivity index is 0.000000252. The molecule has 4 aromatic rings. The Morgan fingerprint density at radius 3 is 1.64 bits per heavy atom. The topological polar surface area (TPSA) is 89.9 Å². The van der Waals surface area contributed by atoms with Crippen LogP contribution in [0.1, 0.15) is 50.8 Å². The first-order valence-corrected chi connectivity index (χ1v) is 12.5. The van der Waals surface area contributed by atoms with Crippen molar-refractivity contribution in [3.8, 4) is 11.5 Å². The van der Waals surface area contributed by atoms with Crippen molar-refractivity contribution in [3.63, 3.8) is 0 Å². The van der Waals surface area contributed by atoms with Crippen LogP contribution in [0.15, 0.2) is 116 Å². The third kappa shape index (κ3) is 7.84. The number of ketones is 2. The average molecular weight is 523 g/mol. The zero-order valence-corrected chi connectivity index (χ0v) is 21.7. The second-order valence-corrected chi connectivity index (χ2v) is 8.32. The quantitative estimate of drug-likeness (QED) is 0.115. The summed E-state index contributed by atoms with van der Waals surface area (Å²) in [4.78, 5) is 36.3. The minimum Gasteiger partial charge on any atom is -0.489 e. The molecular weight excluding hydrogens is 492 g/mol. The van der Waals surface area contributed by atoms with Crippen LogP contribution in [0.3, 0.4) is 0 Å². The molecule has 0 aliphatic heterocycles. The highest BCUT2D eigenvalue weighted by Crippen LogP contribution is 2.37. The maximum Gasteiger partial charge on any atom is 0.335 e. The second kappa shape index (κ2) is 14.8. The molecule has 198 valence electrons. The van der Waals surface area contributed by atoms with Crippen LogP contribution in [0.5, 0.6) is 11.5 Å². The van der Waals surface area contributed by atoms with Crippen molar-refractivity contribution >= 4 is 17.5 Å². The molecule has 0 aliphatic rings. The normalized spacial score (nSPS) is 10.0. The molecule has 0 heterocycles. The Morgan fingerprint density at radius 2 is 1.21 bits per heavy atom. The largest absolute Gasteiger partial charge is 0.489 e. The van der Waals surface area contributed by atoms with Crippen LogP contribution in [0.25, 0.3) is 0 Å². The fraction of sp³-hybridized carbons (Fsp3) is 0.121. The molecule has 0 saturated heterocycles. The van der Waals surface area contributed by atoms with Gasteiger partial charge in [0.2, 0.25) is 0 Å². The number of carbonyl (C=O) groups is 3. The summed E-state index contributed by atoms with van der Waals surface area (Å²) in [6, 6.07) is 30.5. The van der Waals surface area contributed by atoms with E-state index in [-0.39, 0.29) is 35.2 Å². The van der Waals surface area contributed by atoms with Gasteiger partial charge in [-0.15, -0.1) is 0 Å². The summed E-state index contributed by atoms with van der Waals surface area (Å²) in [5, 5.41) is 9.54. The molecule has 6 heteroatoms. The molecule has 4 aromatic carbocycles. The summed E-state index contributed by atoms with van der Waals surface area (Å²) in [7, 11) is 0. The Kier molecular flexibility index (Phi) is 10.9. The van der Waals surface area contributed by atoms with Gasteiger partial charge in [-0.2, -0.15) is 0 Å². The summed E-state index contributed by atoms with van der Waals surface area (Å²) >= 11 is 0. The lowest BCUT2D eigenvalue weighted by molar-refractivity contribution is -0.129. The van der Waals surface area contributed by atoms with Gasteiger partial charge in [0.05, 0.1) is 18.8 Å². The molecule has 39 heavy (non-hydrogen) atoms. The second-order valence-electron chi connectivity index (χ2n) is 8.32. The maximum atomic E-state index is 12.8. The number of carbonyl (C=O) groups excluding carboxylic acids is 3. The van der Waals surface area contributed by atoms with Crippen LogP contribution >= 0.6 is 0 Å². The van der Waals surface area contributed by atoms with E-state index in [0.717, 1.165) is 17.2 Å².